The van der Waals surface area contributed by atoms with Gasteiger partial charge in [0.1, 0.15) is 0 Å². The van der Waals surface area contributed by atoms with Gasteiger partial charge in [0.25, 0.3) is 0 Å². The van der Waals surface area contributed by atoms with Crippen molar-refractivity contribution in [2.45, 2.75) is 19.0 Å². The molecule has 1 aliphatic heterocycles. The molecule has 7 heteroatoms. The van der Waals surface area contributed by atoms with Gasteiger partial charge in [0.2, 0.25) is 5.91 Å². The van der Waals surface area contributed by atoms with E-state index in [1.54, 1.807) is 11.8 Å². The Hall–Kier alpha value is -0.880. The zero-order chi connectivity index (χ0) is 14.8. The standard InChI is InChI=1S/C13H13ClF3NOS/c14-11-2-1-9(7-10(11)13(15,16)17)18-12(19)8-3-5-20-6-4-8/h1-2,7-8H,3-6H2,(H,18,19). The SMILES string of the molecule is O=C(Nc1ccc(Cl)c(C(F)(F)F)c1)C1CCSCC1. The van der Waals surface area contributed by atoms with Gasteiger partial charge in [0.05, 0.1) is 10.6 Å². The average Bonchev–Trinajstić information content (AvgIpc) is 2.40. The van der Waals surface area contributed by atoms with E-state index in [0.29, 0.717) is 0 Å². The van der Waals surface area contributed by atoms with Gasteiger partial charge in [0.15, 0.2) is 0 Å². The highest BCUT2D eigenvalue weighted by Gasteiger charge is 2.33. The van der Waals surface area contributed by atoms with Crippen LogP contribution in [0.1, 0.15) is 18.4 Å². The Labute approximate surface area is 124 Å². The van der Waals surface area contributed by atoms with E-state index in [2.05, 4.69) is 5.32 Å². The second-order valence-corrected chi connectivity index (χ2v) is 6.20. The summed E-state index contributed by atoms with van der Waals surface area (Å²) in [7, 11) is 0. The first kappa shape index (κ1) is 15.5. The molecule has 110 valence electrons. The molecule has 1 fully saturated rings. The Kier molecular flexibility index (Phi) is 4.86. The molecule has 20 heavy (non-hydrogen) atoms. The van der Waals surface area contributed by atoms with Gasteiger partial charge >= 0.3 is 6.18 Å². The van der Waals surface area contributed by atoms with E-state index in [4.69, 9.17) is 11.6 Å². The third kappa shape index (κ3) is 3.82. The number of thioether (sulfide) groups is 1. The molecule has 1 heterocycles. The average molecular weight is 324 g/mol. The molecule has 0 atom stereocenters. The van der Waals surface area contributed by atoms with Crippen molar-refractivity contribution in [3.63, 3.8) is 0 Å². The van der Waals surface area contributed by atoms with Gasteiger partial charge in [0, 0.05) is 11.6 Å². The highest BCUT2D eigenvalue weighted by atomic mass is 35.5. The lowest BCUT2D eigenvalue weighted by molar-refractivity contribution is -0.137. The van der Waals surface area contributed by atoms with Crippen LogP contribution < -0.4 is 5.32 Å². The van der Waals surface area contributed by atoms with Crippen molar-refractivity contribution in [1.29, 1.82) is 0 Å². The van der Waals surface area contributed by atoms with Crippen molar-refractivity contribution < 1.29 is 18.0 Å². The summed E-state index contributed by atoms with van der Waals surface area (Å²) in [5.41, 5.74) is -0.805. The van der Waals surface area contributed by atoms with E-state index in [0.717, 1.165) is 36.5 Å². The van der Waals surface area contributed by atoms with Crippen LogP contribution in [0.3, 0.4) is 0 Å². The number of hydrogen-bond donors (Lipinski definition) is 1. The molecule has 1 saturated heterocycles. The Morgan fingerprint density at radius 3 is 2.55 bits per heavy atom. The molecule has 2 rings (SSSR count). The number of alkyl halides is 3. The van der Waals surface area contributed by atoms with Gasteiger partial charge < -0.3 is 5.32 Å². The Balaban J connectivity index is 2.11. The molecule has 0 saturated carbocycles. The van der Waals surface area contributed by atoms with Gasteiger partial charge in [-0.2, -0.15) is 24.9 Å². The van der Waals surface area contributed by atoms with Crippen molar-refractivity contribution in [2.24, 2.45) is 5.92 Å². The fourth-order valence-electron chi connectivity index (χ4n) is 2.02. The maximum absolute atomic E-state index is 12.7. The number of hydrogen-bond acceptors (Lipinski definition) is 2. The number of rotatable bonds is 2. The molecule has 0 unspecified atom stereocenters. The molecular formula is C13H13ClF3NOS. The van der Waals surface area contributed by atoms with Gasteiger partial charge in [-0.15, -0.1) is 0 Å². The molecule has 1 aliphatic rings. The number of carbonyl (C=O) groups excluding carboxylic acids is 1. The van der Waals surface area contributed by atoms with Crippen molar-refractivity contribution >= 4 is 35.0 Å². The second-order valence-electron chi connectivity index (χ2n) is 4.57. The molecule has 0 bridgehead atoms. The van der Waals surface area contributed by atoms with E-state index in [1.807, 2.05) is 0 Å². The van der Waals surface area contributed by atoms with E-state index in [-0.39, 0.29) is 22.5 Å². The molecule has 0 aliphatic carbocycles. The molecule has 0 aromatic heterocycles. The minimum Gasteiger partial charge on any atom is -0.326 e. The van der Waals surface area contributed by atoms with Gasteiger partial charge in [-0.05, 0) is 42.5 Å². The number of benzene rings is 1. The van der Waals surface area contributed by atoms with Crippen molar-refractivity contribution in [1.82, 2.24) is 0 Å². The molecule has 1 amide bonds. The highest BCUT2D eigenvalue weighted by molar-refractivity contribution is 7.99. The quantitative estimate of drug-likeness (QED) is 0.871. The van der Waals surface area contributed by atoms with Crippen LogP contribution in [0.5, 0.6) is 0 Å². The van der Waals surface area contributed by atoms with Crippen LogP contribution in [0.25, 0.3) is 0 Å². The minimum atomic E-state index is -4.53. The topological polar surface area (TPSA) is 29.1 Å². The lowest BCUT2D eigenvalue weighted by atomic mass is 10.0. The zero-order valence-corrected chi connectivity index (χ0v) is 12.0. The van der Waals surface area contributed by atoms with Crippen molar-refractivity contribution in [3.05, 3.63) is 28.8 Å². The van der Waals surface area contributed by atoms with Crippen LogP contribution >= 0.6 is 23.4 Å². The van der Waals surface area contributed by atoms with Crippen molar-refractivity contribution in [2.75, 3.05) is 16.8 Å². The lowest BCUT2D eigenvalue weighted by Crippen LogP contribution is -2.26. The van der Waals surface area contributed by atoms with Crippen LogP contribution in [0.2, 0.25) is 5.02 Å². The third-order valence-electron chi connectivity index (χ3n) is 3.13. The number of carbonyl (C=O) groups is 1. The molecule has 0 radical (unpaired) electrons. The molecule has 0 spiro atoms. The minimum absolute atomic E-state index is 0.124. The second kappa shape index (κ2) is 6.26. The fourth-order valence-corrected chi connectivity index (χ4v) is 3.36. The number of halogens is 4. The number of anilines is 1. The molecule has 1 aromatic carbocycles. The first-order chi connectivity index (χ1) is 9.38. The Morgan fingerprint density at radius 2 is 1.95 bits per heavy atom. The normalized spacial score (nSPS) is 17.0. The molecular weight excluding hydrogens is 311 g/mol. The summed E-state index contributed by atoms with van der Waals surface area (Å²) in [6.45, 7) is 0. The molecule has 1 N–H and O–H groups in total. The van der Waals surface area contributed by atoms with E-state index in [1.165, 1.54) is 6.07 Å². The highest BCUT2D eigenvalue weighted by Crippen LogP contribution is 2.36. The van der Waals surface area contributed by atoms with Crippen LogP contribution in [0, 0.1) is 5.92 Å². The third-order valence-corrected chi connectivity index (χ3v) is 4.51. The van der Waals surface area contributed by atoms with Gasteiger partial charge in [-0.25, -0.2) is 0 Å². The summed E-state index contributed by atoms with van der Waals surface area (Å²) in [6, 6.07) is 3.40. The summed E-state index contributed by atoms with van der Waals surface area (Å²) in [5, 5.41) is 2.17. The van der Waals surface area contributed by atoms with E-state index < -0.39 is 11.7 Å². The van der Waals surface area contributed by atoms with Crippen LogP contribution in [-0.2, 0) is 11.0 Å². The smallest absolute Gasteiger partial charge is 0.326 e. The van der Waals surface area contributed by atoms with Crippen LogP contribution in [-0.4, -0.2) is 17.4 Å². The fraction of sp³-hybridized carbons (Fsp3) is 0.462. The number of nitrogens with one attached hydrogen (secondary N) is 1. The predicted molar refractivity (Wildman–Crippen MR) is 75.1 cm³/mol. The Morgan fingerprint density at radius 1 is 1.30 bits per heavy atom. The molecule has 2 nitrogen and oxygen atoms in total. The van der Waals surface area contributed by atoms with E-state index in [9.17, 15) is 18.0 Å². The zero-order valence-electron chi connectivity index (χ0n) is 10.5. The summed E-state index contributed by atoms with van der Waals surface area (Å²) in [6.07, 6.45) is -3.01. The van der Waals surface area contributed by atoms with E-state index >= 15 is 0 Å². The van der Waals surface area contributed by atoms with Gasteiger partial charge in [-0.1, -0.05) is 11.6 Å². The summed E-state index contributed by atoms with van der Waals surface area (Å²) in [5.74, 6) is 1.47. The monoisotopic (exact) mass is 323 g/mol. The lowest BCUT2D eigenvalue weighted by Gasteiger charge is -2.21. The maximum atomic E-state index is 12.7. The number of amides is 1. The summed E-state index contributed by atoms with van der Waals surface area (Å²) < 4.78 is 38.2. The maximum Gasteiger partial charge on any atom is 0.417 e. The van der Waals surface area contributed by atoms with Crippen molar-refractivity contribution in [3.8, 4) is 0 Å². The summed E-state index contributed by atoms with van der Waals surface area (Å²) in [4.78, 5) is 12.0. The van der Waals surface area contributed by atoms with Crippen LogP contribution in [0.15, 0.2) is 18.2 Å². The summed E-state index contributed by atoms with van der Waals surface area (Å²) >= 11 is 7.31. The van der Waals surface area contributed by atoms with Gasteiger partial charge in [-0.3, -0.25) is 4.79 Å². The Bertz CT molecular complexity index is 501. The van der Waals surface area contributed by atoms with Crippen LogP contribution in [0.4, 0.5) is 18.9 Å². The largest absolute Gasteiger partial charge is 0.417 e. The predicted octanol–water partition coefficient (Wildman–Crippen LogP) is 4.44. The first-order valence-electron chi connectivity index (χ1n) is 6.13. The molecule has 1 aromatic rings. The first-order valence-corrected chi connectivity index (χ1v) is 7.66.